The maximum absolute atomic E-state index is 13.1. The van der Waals surface area contributed by atoms with Crippen LogP contribution in [0.15, 0.2) is 6.20 Å². The lowest BCUT2D eigenvalue weighted by Crippen LogP contribution is -2.44. The number of nitrogens with zero attached hydrogens (tertiary/aromatic N) is 8. The Labute approximate surface area is 199 Å². The molecule has 4 heterocycles. The molecule has 35 heavy (non-hydrogen) atoms. The summed E-state index contributed by atoms with van der Waals surface area (Å²) in [5.74, 6) is -0.910. The minimum atomic E-state index is -5.04. The number of carbonyl (C=O) groups is 3. The minimum absolute atomic E-state index is 0.0202. The number of nitrogens with two attached hydrogens (primary N) is 1. The monoisotopic (exact) mass is 512 g/mol. The van der Waals surface area contributed by atoms with E-state index in [4.69, 9.17) is 5.73 Å². The number of hydrogen-bond donors (Lipinski definition) is 3. The Bertz CT molecular complexity index is 1290. The molecular weight excluding hydrogens is 488 g/mol. The van der Waals surface area contributed by atoms with Gasteiger partial charge in [-0.15, -0.1) is 9.38 Å². The molecule has 1 saturated heterocycles. The van der Waals surface area contributed by atoms with Gasteiger partial charge in [0.15, 0.2) is 11.7 Å². The van der Waals surface area contributed by atoms with Gasteiger partial charge in [0.1, 0.15) is 6.04 Å². The van der Waals surface area contributed by atoms with Gasteiger partial charge in [0.2, 0.25) is 0 Å². The Kier molecular flexibility index (Phi) is 6.21. The fraction of sp³-hybridized carbons (Fsp3) is 0.529. The fourth-order valence-electron chi connectivity index (χ4n) is 4.18. The van der Waals surface area contributed by atoms with Crippen molar-refractivity contribution in [2.75, 3.05) is 33.7 Å². The zero-order valence-electron chi connectivity index (χ0n) is 19.0. The second-order valence-electron chi connectivity index (χ2n) is 8.13. The van der Waals surface area contributed by atoms with Crippen molar-refractivity contribution >= 4 is 28.2 Å². The quantitative estimate of drug-likeness (QED) is 0.312. The maximum atomic E-state index is 13.1. The van der Waals surface area contributed by atoms with Crippen molar-refractivity contribution in [2.45, 2.75) is 18.6 Å². The van der Waals surface area contributed by atoms with E-state index >= 15 is 0 Å². The van der Waals surface area contributed by atoms with Crippen LogP contribution in [0.25, 0.3) is 0 Å². The molecule has 190 valence electrons. The highest BCUT2D eigenvalue weighted by atomic mass is 32.3. The molecule has 2 aliphatic heterocycles. The highest BCUT2D eigenvalue weighted by molar-refractivity contribution is 7.80. The highest BCUT2D eigenvalue weighted by Crippen LogP contribution is 2.46. The molecule has 2 aliphatic rings. The van der Waals surface area contributed by atoms with Crippen LogP contribution in [0.2, 0.25) is 0 Å². The first kappa shape index (κ1) is 24.5. The Morgan fingerprint density at radius 2 is 2.09 bits per heavy atom. The summed E-state index contributed by atoms with van der Waals surface area (Å²) in [6.45, 7) is 0.407. The van der Waals surface area contributed by atoms with Crippen LogP contribution in [0.3, 0.4) is 0 Å². The molecule has 4 rings (SSSR count). The zero-order chi connectivity index (χ0) is 25.7. The summed E-state index contributed by atoms with van der Waals surface area (Å²) in [5.41, 5.74) is 6.48. The maximum Gasteiger partial charge on any atom is 0.418 e. The molecule has 2 atom stereocenters. The standard InChI is InChI=1S/C17H24N10O7S/c1-23(2)16(29)14-13-12(11-8-26(14)17(30)27(11)34-35(31,32)33)9(21-24(13)3)6-25-7-10(20-22-25)15(28)19-5-4-18/h7,11,14H,4-6,8,18H2,1-3H3,(H,19,28)(H,31,32,33). The predicted molar refractivity (Wildman–Crippen MR) is 114 cm³/mol. The molecule has 0 aromatic carbocycles. The first-order chi connectivity index (χ1) is 16.4. The summed E-state index contributed by atoms with van der Waals surface area (Å²) in [4.78, 5) is 40.6. The molecule has 0 saturated carbocycles. The van der Waals surface area contributed by atoms with Gasteiger partial charge in [-0.2, -0.15) is 18.6 Å². The lowest BCUT2D eigenvalue weighted by atomic mass is 9.94. The van der Waals surface area contributed by atoms with Gasteiger partial charge in [0, 0.05) is 39.8 Å². The van der Waals surface area contributed by atoms with Crippen LogP contribution in [-0.2, 0) is 33.1 Å². The molecule has 2 bridgehead atoms. The summed E-state index contributed by atoms with van der Waals surface area (Å²) in [6.07, 6.45) is 1.39. The van der Waals surface area contributed by atoms with Crippen LogP contribution < -0.4 is 11.1 Å². The number of hydroxylamine groups is 2. The number of hydrogen-bond acceptors (Lipinski definition) is 10. The number of urea groups is 1. The first-order valence-electron chi connectivity index (χ1n) is 10.3. The first-order valence-corrected chi connectivity index (χ1v) is 11.7. The largest absolute Gasteiger partial charge is 0.418 e. The third kappa shape index (κ3) is 4.43. The van der Waals surface area contributed by atoms with Crippen molar-refractivity contribution in [3.05, 3.63) is 28.8 Å². The van der Waals surface area contributed by atoms with Gasteiger partial charge in [0.05, 0.1) is 30.7 Å². The topological polar surface area (TPSA) is 211 Å². The number of rotatable bonds is 8. The third-order valence-electron chi connectivity index (χ3n) is 5.56. The number of amides is 4. The average Bonchev–Trinajstić information content (AvgIpc) is 3.44. The fourth-order valence-corrected chi connectivity index (χ4v) is 4.55. The van der Waals surface area contributed by atoms with Crippen molar-refractivity contribution in [1.82, 2.24) is 45.0 Å². The Balaban J connectivity index is 1.75. The van der Waals surface area contributed by atoms with Crippen LogP contribution in [-0.4, -0.2) is 104 Å². The van der Waals surface area contributed by atoms with E-state index in [-0.39, 0.29) is 31.9 Å². The number of nitrogens with one attached hydrogen (secondary N) is 1. The average molecular weight is 513 g/mol. The van der Waals surface area contributed by atoms with Gasteiger partial charge in [-0.05, 0) is 0 Å². The van der Waals surface area contributed by atoms with Crippen LogP contribution in [0.1, 0.15) is 39.5 Å². The number of fused-ring (bicyclic) bond motifs is 4. The Morgan fingerprint density at radius 1 is 1.37 bits per heavy atom. The smallest absolute Gasteiger partial charge is 0.349 e. The Hall–Kier alpha value is -3.61. The van der Waals surface area contributed by atoms with E-state index in [0.717, 1.165) is 4.90 Å². The number of carbonyl (C=O) groups excluding carboxylic acids is 3. The van der Waals surface area contributed by atoms with E-state index in [1.165, 1.54) is 34.6 Å². The zero-order valence-corrected chi connectivity index (χ0v) is 19.8. The van der Waals surface area contributed by atoms with Crippen molar-refractivity contribution in [3.8, 4) is 0 Å². The minimum Gasteiger partial charge on any atom is -0.349 e. The van der Waals surface area contributed by atoms with E-state index in [2.05, 4.69) is 25.0 Å². The van der Waals surface area contributed by atoms with Crippen LogP contribution in [0, 0.1) is 0 Å². The van der Waals surface area contributed by atoms with Crippen LogP contribution in [0.4, 0.5) is 4.79 Å². The summed E-state index contributed by atoms with van der Waals surface area (Å²) in [7, 11) is -0.423. The van der Waals surface area contributed by atoms with Crippen molar-refractivity contribution in [2.24, 2.45) is 12.8 Å². The molecule has 0 aliphatic carbocycles. The molecule has 18 heteroatoms. The van der Waals surface area contributed by atoms with E-state index in [1.807, 2.05) is 0 Å². The molecule has 0 spiro atoms. The number of likely N-dealkylation sites (N-methyl/N-ethyl adjacent to an activating group) is 1. The highest BCUT2D eigenvalue weighted by Gasteiger charge is 2.55. The Morgan fingerprint density at radius 3 is 2.71 bits per heavy atom. The van der Waals surface area contributed by atoms with Gasteiger partial charge in [-0.3, -0.25) is 18.8 Å². The molecule has 2 aromatic rings. The van der Waals surface area contributed by atoms with E-state index < -0.39 is 40.3 Å². The van der Waals surface area contributed by atoms with Crippen molar-refractivity contribution in [3.63, 3.8) is 0 Å². The van der Waals surface area contributed by atoms with Gasteiger partial charge < -0.3 is 20.9 Å². The lowest BCUT2D eigenvalue weighted by Gasteiger charge is -2.32. The molecule has 1 fully saturated rings. The molecule has 4 amide bonds. The molecule has 17 nitrogen and oxygen atoms in total. The van der Waals surface area contributed by atoms with E-state index in [9.17, 15) is 27.4 Å². The van der Waals surface area contributed by atoms with Gasteiger partial charge in [-0.25, -0.2) is 9.48 Å². The molecular formula is C17H24N10O7S. The predicted octanol–water partition coefficient (Wildman–Crippen LogP) is -2.60. The van der Waals surface area contributed by atoms with Gasteiger partial charge in [0.25, 0.3) is 11.8 Å². The molecule has 2 unspecified atom stereocenters. The summed E-state index contributed by atoms with van der Waals surface area (Å²) in [6, 6.07) is -3.02. The molecule has 2 aromatic heterocycles. The van der Waals surface area contributed by atoms with E-state index in [1.54, 1.807) is 7.05 Å². The second-order valence-corrected chi connectivity index (χ2v) is 9.13. The SMILES string of the molecule is CN(C)C(=O)C1c2c(c(Cn3cc(C(=O)NCCN)nn3)nn2C)C2CN1C(=O)N2OS(=O)(=O)O. The molecule has 0 radical (unpaired) electrons. The van der Waals surface area contributed by atoms with Crippen molar-refractivity contribution < 1.29 is 31.6 Å². The van der Waals surface area contributed by atoms with Gasteiger partial charge in [-0.1, -0.05) is 5.21 Å². The van der Waals surface area contributed by atoms with Crippen molar-refractivity contribution in [1.29, 1.82) is 0 Å². The molecule has 4 N–H and O–H groups in total. The van der Waals surface area contributed by atoms with Gasteiger partial charge >= 0.3 is 16.4 Å². The summed E-state index contributed by atoms with van der Waals surface area (Å²) in [5, 5.41) is 15.3. The van der Waals surface area contributed by atoms with Crippen LogP contribution in [0.5, 0.6) is 0 Å². The summed E-state index contributed by atoms with van der Waals surface area (Å²) < 4.78 is 39.4. The van der Waals surface area contributed by atoms with E-state index in [0.29, 0.717) is 22.0 Å². The number of aromatic nitrogens is 5. The number of aryl methyl sites for hydroxylation is 1. The second kappa shape index (κ2) is 8.87. The third-order valence-corrected chi connectivity index (χ3v) is 5.91. The lowest BCUT2D eigenvalue weighted by molar-refractivity contribution is -0.134. The normalized spacial score (nSPS) is 19.2. The van der Waals surface area contributed by atoms with Crippen LogP contribution >= 0.6 is 0 Å². The summed E-state index contributed by atoms with van der Waals surface area (Å²) >= 11 is 0.